The number of nitrogens with one attached hydrogen (secondary N) is 1. The van der Waals surface area contributed by atoms with Crippen LogP contribution in [0.3, 0.4) is 0 Å². The largest absolute Gasteiger partial charge is 0.307 e. The van der Waals surface area contributed by atoms with Gasteiger partial charge in [0.25, 0.3) is 0 Å². The van der Waals surface area contributed by atoms with Gasteiger partial charge in [0.05, 0.1) is 22.5 Å². The molecule has 8 heteroatoms. The van der Waals surface area contributed by atoms with Crippen LogP contribution in [0.25, 0.3) is 0 Å². The summed E-state index contributed by atoms with van der Waals surface area (Å²) < 4.78 is 0. The predicted molar refractivity (Wildman–Crippen MR) is 126 cm³/mol. The van der Waals surface area contributed by atoms with Gasteiger partial charge in [-0.15, -0.1) is 11.8 Å². The van der Waals surface area contributed by atoms with Gasteiger partial charge in [-0.25, -0.2) is 0 Å². The number of thiazole rings is 1. The Kier molecular flexibility index (Phi) is 4.13. The summed E-state index contributed by atoms with van der Waals surface area (Å²) in [5.41, 5.74) is 2.85. The Hall–Kier alpha value is -2.71. The average Bonchev–Trinajstić information content (AvgIpc) is 3.54. The summed E-state index contributed by atoms with van der Waals surface area (Å²) in [6.07, 6.45) is 4.54. The Balaban J connectivity index is 1.33. The predicted octanol–water partition coefficient (Wildman–Crippen LogP) is 3.82. The summed E-state index contributed by atoms with van der Waals surface area (Å²) in [6.45, 7) is 2.00. The Morgan fingerprint density at radius 3 is 2.52 bits per heavy atom. The number of hydrogen-bond donors (Lipinski definition) is 1. The lowest BCUT2D eigenvalue weighted by Gasteiger charge is -2.42. The first-order valence-electron chi connectivity index (χ1n) is 11.3. The summed E-state index contributed by atoms with van der Waals surface area (Å²) in [6, 6.07) is 11.6. The van der Waals surface area contributed by atoms with Gasteiger partial charge in [0, 0.05) is 28.4 Å². The van der Waals surface area contributed by atoms with Crippen molar-refractivity contribution in [3.63, 3.8) is 0 Å². The molecule has 7 rings (SSSR count). The van der Waals surface area contributed by atoms with Crippen LogP contribution < -0.4 is 9.77 Å². The normalized spacial score (nSPS) is 33.8. The molecule has 6 unspecified atom stereocenters. The van der Waals surface area contributed by atoms with Gasteiger partial charge in [0.15, 0.2) is 0 Å². The number of benzene rings is 1. The highest BCUT2D eigenvalue weighted by Gasteiger charge is 2.69. The van der Waals surface area contributed by atoms with Crippen LogP contribution in [-0.2, 0) is 9.59 Å². The van der Waals surface area contributed by atoms with Gasteiger partial charge in [-0.2, -0.15) is 0 Å². The number of anilines is 1. The van der Waals surface area contributed by atoms with Crippen LogP contribution in [0, 0.1) is 36.5 Å². The van der Waals surface area contributed by atoms with Gasteiger partial charge in [-0.1, -0.05) is 35.1 Å². The second-order valence-electron chi connectivity index (χ2n) is 9.59. The number of aryl methyl sites for hydroxylation is 1. The zero-order valence-electron chi connectivity index (χ0n) is 17.8. The topological polar surface area (TPSA) is 83.1 Å². The summed E-state index contributed by atoms with van der Waals surface area (Å²) >= 11 is 2.99. The van der Waals surface area contributed by atoms with Crippen molar-refractivity contribution in [2.75, 3.05) is 4.90 Å². The summed E-state index contributed by atoms with van der Waals surface area (Å²) in [7, 11) is 0. The molecule has 1 saturated heterocycles. The van der Waals surface area contributed by atoms with E-state index < -0.39 is 0 Å². The highest BCUT2D eigenvalue weighted by molar-refractivity contribution is 8.00. The van der Waals surface area contributed by atoms with Crippen LogP contribution in [-0.4, -0.2) is 27.0 Å². The second-order valence-corrected chi connectivity index (χ2v) is 11.8. The fourth-order valence-corrected chi connectivity index (χ4v) is 9.79. The molecule has 2 aliphatic heterocycles. The SMILES string of the molecule is Cc1ccc(N2C(=O)C3C4CC(C3C2=O)C2C4Sc3[nH]c(=O)sc3[C@@H]2c2cccnc2)cc1. The summed E-state index contributed by atoms with van der Waals surface area (Å²) in [4.78, 5) is 49.3. The van der Waals surface area contributed by atoms with Crippen LogP contribution in [0.1, 0.15) is 28.3 Å². The molecule has 1 aromatic carbocycles. The van der Waals surface area contributed by atoms with Crippen molar-refractivity contribution >= 4 is 40.6 Å². The average molecular weight is 476 g/mol. The van der Waals surface area contributed by atoms with Gasteiger partial charge >= 0.3 is 4.87 Å². The summed E-state index contributed by atoms with van der Waals surface area (Å²) in [5.74, 6) is -0.153. The maximum Gasteiger partial charge on any atom is 0.305 e. The van der Waals surface area contributed by atoms with E-state index in [1.165, 1.54) is 16.2 Å². The van der Waals surface area contributed by atoms with E-state index in [2.05, 4.69) is 16.0 Å². The van der Waals surface area contributed by atoms with Gasteiger partial charge in [0.1, 0.15) is 0 Å². The first-order chi connectivity index (χ1) is 16.0. The van der Waals surface area contributed by atoms with Gasteiger partial charge in [-0.3, -0.25) is 24.3 Å². The number of pyridine rings is 1. The number of H-pyrrole nitrogens is 1. The molecule has 6 nitrogen and oxygen atoms in total. The fraction of sp³-hybridized carbons (Fsp3) is 0.360. The molecule has 2 aromatic heterocycles. The number of thioether (sulfide) groups is 1. The van der Waals surface area contributed by atoms with Crippen molar-refractivity contribution in [1.82, 2.24) is 9.97 Å². The van der Waals surface area contributed by atoms with Crippen LogP contribution in [0.2, 0.25) is 0 Å². The van der Waals surface area contributed by atoms with E-state index >= 15 is 0 Å². The van der Waals surface area contributed by atoms with Gasteiger partial charge in [-0.05, 0) is 54.9 Å². The van der Waals surface area contributed by atoms with E-state index in [0.29, 0.717) is 5.69 Å². The first-order valence-corrected chi connectivity index (χ1v) is 13.0. The lowest BCUT2D eigenvalue weighted by Crippen LogP contribution is -2.42. The van der Waals surface area contributed by atoms with Crippen molar-refractivity contribution in [3.05, 3.63) is 74.5 Å². The zero-order chi connectivity index (χ0) is 22.4. The van der Waals surface area contributed by atoms with E-state index in [1.807, 2.05) is 43.5 Å². The van der Waals surface area contributed by atoms with E-state index in [1.54, 1.807) is 18.0 Å². The molecular weight excluding hydrogens is 454 g/mol. The Labute approximate surface area is 198 Å². The lowest BCUT2D eigenvalue weighted by molar-refractivity contribution is -0.123. The fourth-order valence-electron chi connectivity index (χ4n) is 6.90. The molecule has 2 bridgehead atoms. The molecule has 2 amide bonds. The molecule has 4 heterocycles. The van der Waals surface area contributed by atoms with Crippen molar-refractivity contribution in [3.8, 4) is 0 Å². The third-order valence-electron chi connectivity index (χ3n) is 8.06. The van der Waals surface area contributed by atoms with Gasteiger partial charge < -0.3 is 4.98 Å². The molecule has 33 heavy (non-hydrogen) atoms. The monoisotopic (exact) mass is 475 g/mol. The number of carbonyl (C=O) groups is 2. The number of aromatic amines is 1. The zero-order valence-corrected chi connectivity index (χ0v) is 19.4. The molecule has 7 atom stereocenters. The summed E-state index contributed by atoms with van der Waals surface area (Å²) in [5, 5.41) is 1.13. The van der Waals surface area contributed by atoms with Crippen molar-refractivity contribution in [1.29, 1.82) is 0 Å². The maximum absolute atomic E-state index is 13.7. The number of hydrogen-bond acceptors (Lipinski definition) is 6. The minimum Gasteiger partial charge on any atom is -0.307 e. The lowest BCUT2D eigenvalue weighted by atomic mass is 9.68. The van der Waals surface area contributed by atoms with Crippen LogP contribution in [0.15, 0.2) is 58.6 Å². The van der Waals surface area contributed by atoms with Gasteiger partial charge in [0.2, 0.25) is 11.8 Å². The van der Waals surface area contributed by atoms with Crippen molar-refractivity contribution in [2.45, 2.75) is 29.5 Å². The molecule has 2 aliphatic carbocycles. The molecule has 3 aromatic rings. The standard InChI is InChI=1S/C25H21N3O3S2/c1-11-4-6-13(7-5-11)28-23(29)18-14-9-15(19(18)24(28)30)20-17(14)16(12-3-2-8-26-10-12)21-22(32-20)27-25(31)33-21/h2-8,10,14-20H,9H2,1H3,(H,27,31)/t14?,15?,16-,17?,18?,19?,20?/m1/s1. The van der Waals surface area contributed by atoms with E-state index in [-0.39, 0.29) is 57.4 Å². The minimum atomic E-state index is -0.276. The number of carbonyl (C=O) groups excluding carboxylic acids is 2. The van der Waals surface area contributed by atoms with Crippen LogP contribution in [0.5, 0.6) is 0 Å². The van der Waals surface area contributed by atoms with Crippen LogP contribution in [0.4, 0.5) is 5.69 Å². The highest BCUT2D eigenvalue weighted by atomic mass is 32.2. The van der Waals surface area contributed by atoms with Crippen molar-refractivity contribution < 1.29 is 9.59 Å². The number of imide groups is 1. The number of amides is 2. The third kappa shape index (κ3) is 2.62. The van der Waals surface area contributed by atoms with E-state index in [9.17, 15) is 14.4 Å². The molecule has 4 aliphatic rings. The number of rotatable bonds is 2. The third-order valence-corrected chi connectivity index (χ3v) is 10.6. The molecule has 0 radical (unpaired) electrons. The Morgan fingerprint density at radius 2 is 1.79 bits per heavy atom. The molecule has 1 N–H and O–H groups in total. The number of aromatic nitrogens is 2. The minimum absolute atomic E-state index is 0.0242. The van der Waals surface area contributed by atoms with E-state index in [4.69, 9.17) is 0 Å². The molecule has 0 spiro atoms. The number of nitrogens with zero attached hydrogens (tertiary/aromatic N) is 2. The highest BCUT2D eigenvalue weighted by Crippen LogP contribution is 2.68. The van der Waals surface area contributed by atoms with E-state index in [0.717, 1.165) is 27.5 Å². The maximum atomic E-state index is 13.7. The van der Waals surface area contributed by atoms with Crippen LogP contribution >= 0.6 is 23.1 Å². The Bertz CT molecular complexity index is 1350. The molecule has 2 saturated carbocycles. The quantitative estimate of drug-likeness (QED) is 0.570. The Morgan fingerprint density at radius 1 is 1.03 bits per heavy atom. The smallest absolute Gasteiger partial charge is 0.305 e. The first kappa shape index (κ1) is 19.7. The molecule has 3 fully saturated rings. The van der Waals surface area contributed by atoms with Crippen molar-refractivity contribution in [2.24, 2.45) is 29.6 Å². The second kappa shape index (κ2) is 6.90. The molecule has 166 valence electrons. The molecular formula is C25H21N3O3S2. The number of fused-ring (bicyclic) bond motifs is 9.